The van der Waals surface area contributed by atoms with Crippen LogP contribution in [0.25, 0.3) is 0 Å². The summed E-state index contributed by atoms with van der Waals surface area (Å²) < 4.78 is 0. The summed E-state index contributed by atoms with van der Waals surface area (Å²) in [6.45, 7) is -0.246. The Morgan fingerprint density at radius 2 is 1.83 bits per heavy atom. The van der Waals surface area contributed by atoms with Gasteiger partial charge in [-0.05, 0) is 36.5 Å². The van der Waals surface area contributed by atoms with Crippen LogP contribution in [-0.4, -0.2) is 73.0 Å². The van der Waals surface area contributed by atoms with Crippen molar-refractivity contribution in [3.63, 3.8) is 0 Å². The highest BCUT2D eigenvalue weighted by molar-refractivity contribution is 6.53. The second kappa shape index (κ2) is 7.80. The largest absolute Gasteiger partial charge is 0.508 e. The minimum atomic E-state index is -1.90. The van der Waals surface area contributed by atoms with E-state index >= 15 is 0 Å². The maximum atomic E-state index is 13.4. The number of imide groups is 2. The molecule has 6 atom stereocenters. The molecule has 0 unspecified atom stereocenters. The summed E-state index contributed by atoms with van der Waals surface area (Å²) in [5.41, 5.74) is 1.07. The molecule has 2 N–H and O–H groups in total. The summed E-state index contributed by atoms with van der Waals surface area (Å²) in [6, 6.07) is 6.15. The molecule has 1 saturated carbocycles. The Bertz CT molecular complexity index is 1230. The van der Waals surface area contributed by atoms with Gasteiger partial charge in [0.1, 0.15) is 5.75 Å². The normalized spacial score (nSPS) is 36.1. The number of carboxylic acids is 1. The molecule has 0 aromatic heterocycles. The van der Waals surface area contributed by atoms with E-state index in [-0.39, 0.29) is 31.6 Å². The number of alkyl halides is 2. The van der Waals surface area contributed by atoms with Crippen LogP contribution in [0.2, 0.25) is 0 Å². The van der Waals surface area contributed by atoms with Gasteiger partial charge in [0.15, 0.2) is 9.75 Å². The van der Waals surface area contributed by atoms with Crippen LogP contribution in [0.5, 0.6) is 5.75 Å². The molecule has 2 saturated heterocycles. The van der Waals surface area contributed by atoms with E-state index in [2.05, 4.69) is 0 Å². The number of likely N-dealkylation sites (tertiary alicyclic amines) is 2. The lowest BCUT2D eigenvalue weighted by molar-refractivity contribution is -0.143. The molecule has 0 spiro atoms. The third-order valence-electron chi connectivity index (χ3n) is 7.86. The van der Waals surface area contributed by atoms with Crippen LogP contribution in [0.1, 0.15) is 30.7 Å². The molecule has 9 nitrogen and oxygen atoms in total. The number of phenols is 1. The van der Waals surface area contributed by atoms with Gasteiger partial charge in [-0.25, -0.2) is 0 Å². The first-order valence-corrected chi connectivity index (χ1v) is 12.0. The first-order chi connectivity index (χ1) is 16.4. The van der Waals surface area contributed by atoms with Gasteiger partial charge in [-0.15, -0.1) is 23.2 Å². The van der Waals surface area contributed by atoms with Gasteiger partial charge in [-0.1, -0.05) is 23.8 Å². The maximum Gasteiger partial charge on any atom is 0.305 e. The quantitative estimate of drug-likeness (QED) is 0.351. The number of carbonyl (C=O) groups is 5. The molecule has 11 heteroatoms. The summed E-state index contributed by atoms with van der Waals surface area (Å²) in [7, 11) is 1.30. The van der Waals surface area contributed by atoms with Crippen LogP contribution >= 0.6 is 23.2 Å². The zero-order valence-electron chi connectivity index (χ0n) is 18.6. The number of hydrogen-bond donors (Lipinski definition) is 2. The lowest BCUT2D eigenvalue weighted by atomic mass is 9.56. The van der Waals surface area contributed by atoms with Crippen LogP contribution in [0.3, 0.4) is 0 Å². The van der Waals surface area contributed by atoms with Gasteiger partial charge >= 0.3 is 5.97 Å². The monoisotopic (exact) mass is 520 g/mol. The minimum absolute atomic E-state index is 0.0727. The summed E-state index contributed by atoms with van der Waals surface area (Å²) >= 11 is 14.0. The van der Waals surface area contributed by atoms with Crippen molar-refractivity contribution < 1.29 is 34.2 Å². The first kappa shape index (κ1) is 23.8. The van der Waals surface area contributed by atoms with Crippen molar-refractivity contribution in [3.8, 4) is 5.75 Å². The van der Waals surface area contributed by atoms with Crippen molar-refractivity contribution >= 4 is 52.8 Å². The number of phenolic OH excluding ortho intramolecular Hbond substituents is 1. The number of aliphatic carboxylic acids is 1. The summed E-state index contributed by atoms with van der Waals surface area (Å²) in [5, 5.41) is 19.2. The molecule has 2 heterocycles. The summed E-state index contributed by atoms with van der Waals surface area (Å²) in [5.74, 6) is -6.74. The van der Waals surface area contributed by atoms with Crippen LogP contribution in [-0.2, 0) is 24.0 Å². The Kier molecular flexibility index (Phi) is 5.30. The number of amides is 4. The molecule has 4 aliphatic rings. The van der Waals surface area contributed by atoms with E-state index < -0.39 is 63.0 Å². The first-order valence-electron chi connectivity index (χ1n) is 11.2. The summed E-state index contributed by atoms with van der Waals surface area (Å²) in [6.07, 6.45) is 1.46. The van der Waals surface area contributed by atoms with E-state index in [9.17, 15) is 29.1 Å². The number of fused-ring (bicyclic) bond motifs is 4. The van der Waals surface area contributed by atoms with Crippen molar-refractivity contribution in [2.24, 2.45) is 17.8 Å². The molecular formula is C24H22Cl2N2O7. The van der Waals surface area contributed by atoms with Crippen LogP contribution < -0.4 is 0 Å². The minimum Gasteiger partial charge on any atom is -0.508 e. The third-order valence-corrected chi connectivity index (χ3v) is 9.27. The van der Waals surface area contributed by atoms with Crippen molar-refractivity contribution in [1.29, 1.82) is 0 Å². The number of nitrogens with zero attached hydrogens (tertiary/aromatic N) is 2. The Morgan fingerprint density at radius 3 is 2.49 bits per heavy atom. The molecule has 0 bridgehead atoms. The fraction of sp³-hybridized carbons (Fsp3) is 0.458. The van der Waals surface area contributed by atoms with Gasteiger partial charge in [-0.3, -0.25) is 33.8 Å². The molecule has 5 rings (SSSR count). The SMILES string of the molecule is CN1C(=O)[C@]2(Cl)C[C@@H]3C(=CC[C@@H]4C(=O)N(CCC(=O)O)C(=O)[C@@H]43)[C@H](c3cccc(O)c3)[C@]2(Cl)C1=O. The predicted octanol–water partition coefficient (Wildman–Crippen LogP) is 1.86. The second-order valence-corrected chi connectivity index (χ2v) is 10.8. The van der Waals surface area contributed by atoms with Crippen molar-refractivity contribution in [1.82, 2.24) is 9.80 Å². The average molecular weight is 521 g/mol. The lowest BCUT2D eigenvalue weighted by Gasteiger charge is -2.50. The predicted molar refractivity (Wildman–Crippen MR) is 123 cm³/mol. The Balaban J connectivity index is 1.65. The molecule has 3 fully saturated rings. The molecule has 4 amide bonds. The van der Waals surface area contributed by atoms with Gasteiger partial charge in [0.2, 0.25) is 11.8 Å². The maximum absolute atomic E-state index is 13.4. The zero-order chi connectivity index (χ0) is 25.4. The molecule has 35 heavy (non-hydrogen) atoms. The number of rotatable bonds is 4. The fourth-order valence-electron chi connectivity index (χ4n) is 6.32. The molecule has 2 aliphatic carbocycles. The van der Waals surface area contributed by atoms with Crippen molar-refractivity contribution in [2.75, 3.05) is 13.6 Å². The van der Waals surface area contributed by atoms with Gasteiger partial charge in [-0.2, -0.15) is 0 Å². The topological polar surface area (TPSA) is 132 Å². The molecule has 2 aliphatic heterocycles. The number of allylic oxidation sites excluding steroid dienone is 2. The molecule has 1 aromatic carbocycles. The Morgan fingerprint density at radius 1 is 1.11 bits per heavy atom. The zero-order valence-corrected chi connectivity index (χ0v) is 20.1. The van der Waals surface area contributed by atoms with E-state index in [1.165, 1.54) is 19.2 Å². The highest BCUT2D eigenvalue weighted by atomic mass is 35.5. The molecular weight excluding hydrogens is 499 g/mol. The van der Waals surface area contributed by atoms with Gasteiger partial charge < -0.3 is 10.2 Å². The Labute approximate surface area is 210 Å². The highest BCUT2D eigenvalue weighted by Crippen LogP contribution is 2.65. The van der Waals surface area contributed by atoms with E-state index in [1.807, 2.05) is 0 Å². The van der Waals surface area contributed by atoms with Gasteiger partial charge in [0.25, 0.3) is 11.8 Å². The van der Waals surface area contributed by atoms with E-state index in [1.54, 1.807) is 18.2 Å². The standard InChI is InChI=1S/C24H22Cl2N2O7/c1-27-21(34)23(25)10-15-13(18(24(23,26)22(27)35)11-3-2-4-12(29)9-11)5-6-14-17(15)20(33)28(19(14)32)8-7-16(30)31/h2-5,9,14-15,17-18,29H,6-8,10H2,1H3,(H,30,31)/t14-,15+,17-,18-,23+,24-/m0/s1. The van der Waals surface area contributed by atoms with E-state index in [0.29, 0.717) is 11.1 Å². The molecule has 0 radical (unpaired) electrons. The van der Waals surface area contributed by atoms with Gasteiger partial charge in [0, 0.05) is 19.5 Å². The second-order valence-electron chi connectivity index (χ2n) is 9.56. The molecule has 184 valence electrons. The van der Waals surface area contributed by atoms with Crippen LogP contribution in [0.15, 0.2) is 35.9 Å². The number of hydrogen-bond acceptors (Lipinski definition) is 6. The lowest BCUT2D eigenvalue weighted by Crippen LogP contribution is -2.60. The van der Waals surface area contributed by atoms with Crippen LogP contribution in [0, 0.1) is 17.8 Å². The third kappa shape index (κ3) is 3.04. The number of carboxylic acid groups (broad SMARTS) is 1. The molecule has 1 aromatic rings. The van der Waals surface area contributed by atoms with E-state index in [4.69, 9.17) is 28.3 Å². The average Bonchev–Trinajstić information content (AvgIpc) is 3.12. The van der Waals surface area contributed by atoms with Crippen molar-refractivity contribution in [2.45, 2.75) is 34.9 Å². The van der Waals surface area contributed by atoms with Crippen LogP contribution in [0.4, 0.5) is 0 Å². The number of halogens is 2. The summed E-state index contributed by atoms with van der Waals surface area (Å²) in [4.78, 5) is 62.2. The van der Waals surface area contributed by atoms with Gasteiger partial charge in [0.05, 0.1) is 18.3 Å². The fourth-order valence-corrected chi connectivity index (χ4v) is 7.33. The van der Waals surface area contributed by atoms with E-state index in [0.717, 1.165) is 9.80 Å². The number of benzene rings is 1. The smallest absolute Gasteiger partial charge is 0.305 e. The number of carbonyl (C=O) groups excluding carboxylic acids is 4. The Hall–Kier alpha value is -2.91. The number of aromatic hydroxyl groups is 1. The highest BCUT2D eigenvalue weighted by Gasteiger charge is 2.75. The van der Waals surface area contributed by atoms with Crippen molar-refractivity contribution in [3.05, 3.63) is 41.5 Å².